The highest BCUT2D eigenvalue weighted by molar-refractivity contribution is 7.92. The molecule has 3 aromatic carbocycles. The summed E-state index contributed by atoms with van der Waals surface area (Å²) in [6.45, 7) is 3.24. The van der Waals surface area contributed by atoms with Gasteiger partial charge in [-0.15, -0.1) is 0 Å². The molecule has 3 rings (SSSR count). The van der Waals surface area contributed by atoms with Crippen molar-refractivity contribution in [3.63, 3.8) is 0 Å². The number of anilines is 1. The molecule has 0 saturated carbocycles. The van der Waals surface area contributed by atoms with Crippen LogP contribution < -0.4 is 14.4 Å². The fraction of sp³-hybridized carbons (Fsp3) is 0.310. The van der Waals surface area contributed by atoms with Crippen LogP contribution in [0.4, 0.5) is 5.69 Å². The molecule has 8 nitrogen and oxygen atoms in total. The maximum absolute atomic E-state index is 14.1. The molecule has 0 aliphatic heterocycles. The van der Waals surface area contributed by atoms with E-state index in [0.717, 1.165) is 21.7 Å². The molecular formula is C29H33Cl2N3O5S. The Morgan fingerprint density at radius 1 is 1.00 bits per heavy atom. The van der Waals surface area contributed by atoms with Crippen LogP contribution in [0.1, 0.15) is 23.6 Å². The van der Waals surface area contributed by atoms with Crippen LogP contribution in [0.3, 0.4) is 0 Å². The van der Waals surface area contributed by atoms with E-state index >= 15 is 0 Å². The fourth-order valence-electron chi connectivity index (χ4n) is 4.29. The van der Waals surface area contributed by atoms with Gasteiger partial charge in [-0.1, -0.05) is 65.7 Å². The van der Waals surface area contributed by atoms with Gasteiger partial charge in [0, 0.05) is 35.1 Å². The predicted octanol–water partition coefficient (Wildman–Crippen LogP) is 4.85. The van der Waals surface area contributed by atoms with Crippen LogP contribution in [0.5, 0.6) is 5.75 Å². The first-order chi connectivity index (χ1) is 19.0. The van der Waals surface area contributed by atoms with Crippen molar-refractivity contribution in [3.8, 4) is 5.75 Å². The Balaban J connectivity index is 2.13. The maximum atomic E-state index is 14.1. The van der Waals surface area contributed by atoms with Gasteiger partial charge in [0.1, 0.15) is 18.3 Å². The van der Waals surface area contributed by atoms with Crippen molar-refractivity contribution in [2.45, 2.75) is 32.9 Å². The molecule has 40 heavy (non-hydrogen) atoms. The SMILES string of the molecule is CCNC(=O)C(Cc1ccccc1)N(Cc1c(Cl)cccc1Cl)C(=O)CN(c1cc(C)ccc1OC)S(C)(=O)=O. The van der Waals surface area contributed by atoms with Gasteiger partial charge in [0.05, 0.1) is 19.1 Å². The molecule has 0 bridgehead atoms. The summed E-state index contributed by atoms with van der Waals surface area (Å²) in [5, 5.41) is 3.45. The zero-order valence-electron chi connectivity index (χ0n) is 22.9. The second-order valence-electron chi connectivity index (χ2n) is 9.27. The first-order valence-electron chi connectivity index (χ1n) is 12.6. The predicted molar refractivity (Wildman–Crippen MR) is 160 cm³/mol. The number of likely N-dealkylation sites (N-methyl/N-ethyl adjacent to an activating group) is 1. The lowest BCUT2D eigenvalue weighted by Gasteiger charge is -2.34. The van der Waals surface area contributed by atoms with E-state index in [1.807, 2.05) is 37.3 Å². The quantitative estimate of drug-likeness (QED) is 0.318. The minimum atomic E-state index is -3.95. The zero-order valence-corrected chi connectivity index (χ0v) is 25.2. The smallest absolute Gasteiger partial charge is 0.244 e. The van der Waals surface area contributed by atoms with Gasteiger partial charge in [0.25, 0.3) is 0 Å². The third-order valence-corrected chi connectivity index (χ3v) is 8.13. The number of nitrogens with zero attached hydrogens (tertiary/aromatic N) is 2. The van der Waals surface area contributed by atoms with E-state index in [0.29, 0.717) is 22.2 Å². The number of aryl methyl sites for hydroxylation is 1. The molecule has 0 saturated heterocycles. The summed E-state index contributed by atoms with van der Waals surface area (Å²) in [6, 6.07) is 18.3. The van der Waals surface area contributed by atoms with Gasteiger partial charge in [-0.25, -0.2) is 8.42 Å². The van der Waals surface area contributed by atoms with Gasteiger partial charge in [-0.2, -0.15) is 0 Å². The summed E-state index contributed by atoms with van der Waals surface area (Å²) in [7, 11) is -2.52. The number of hydrogen-bond acceptors (Lipinski definition) is 5. The van der Waals surface area contributed by atoms with Crippen molar-refractivity contribution in [3.05, 3.63) is 93.5 Å². The monoisotopic (exact) mass is 605 g/mol. The third-order valence-electron chi connectivity index (χ3n) is 6.29. The van der Waals surface area contributed by atoms with Crippen molar-refractivity contribution in [1.82, 2.24) is 10.2 Å². The van der Waals surface area contributed by atoms with Crippen LogP contribution in [-0.2, 0) is 32.6 Å². The average molecular weight is 607 g/mol. The number of ether oxygens (including phenoxy) is 1. The summed E-state index contributed by atoms with van der Waals surface area (Å²) >= 11 is 12.9. The highest BCUT2D eigenvalue weighted by Crippen LogP contribution is 2.32. The van der Waals surface area contributed by atoms with Gasteiger partial charge in [-0.05, 0) is 49.2 Å². The second-order valence-corrected chi connectivity index (χ2v) is 12.0. The normalized spacial score (nSPS) is 11.9. The number of rotatable bonds is 12. The van der Waals surface area contributed by atoms with Crippen molar-refractivity contribution >= 4 is 50.7 Å². The molecule has 3 aromatic rings. The molecule has 1 atom stereocenters. The minimum absolute atomic E-state index is 0.117. The number of carbonyl (C=O) groups excluding carboxylic acids is 2. The number of benzene rings is 3. The van der Waals surface area contributed by atoms with Crippen molar-refractivity contribution in [2.75, 3.05) is 30.8 Å². The fourth-order valence-corrected chi connectivity index (χ4v) is 5.65. The second kappa shape index (κ2) is 13.9. The number of carbonyl (C=O) groups is 2. The van der Waals surface area contributed by atoms with E-state index in [2.05, 4.69) is 5.32 Å². The van der Waals surface area contributed by atoms with Crippen LogP contribution in [0, 0.1) is 6.92 Å². The minimum Gasteiger partial charge on any atom is -0.495 e. The molecule has 0 aliphatic carbocycles. The molecule has 2 amide bonds. The van der Waals surface area contributed by atoms with Crippen LogP contribution >= 0.6 is 23.2 Å². The number of halogens is 2. The lowest BCUT2D eigenvalue weighted by molar-refractivity contribution is -0.140. The van der Waals surface area contributed by atoms with Gasteiger partial charge < -0.3 is 15.0 Å². The number of methoxy groups -OCH3 is 1. The Bertz CT molecular complexity index is 1430. The topological polar surface area (TPSA) is 96.0 Å². The Morgan fingerprint density at radius 3 is 2.23 bits per heavy atom. The van der Waals surface area contributed by atoms with E-state index in [-0.39, 0.29) is 30.3 Å². The lowest BCUT2D eigenvalue weighted by Crippen LogP contribution is -2.53. The van der Waals surface area contributed by atoms with Crippen LogP contribution in [0.25, 0.3) is 0 Å². The lowest BCUT2D eigenvalue weighted by atomic mass is 10.0. The number of hydrogen-bond donors (Lipinski definition) is 1. The van der Waals surface area contributed by atoms with Crippen molar-refractivity contribution < 1.29 is 22.7 Å². The first-order valence-corrected chi connectivity index (χ1v) is 15.2. The molecule has 0 spiro atoms. The zero-order chi connectivity index (χ0) is 29.4. The van der Waals surface area contributed by atoms with E-state index < -0.39 is 28.5 Å². The van der Waals surface area contributed by atoms with Gasteiger partial charge in [0.15, 0.2) is 0 Å². The van der Waals surface area contributed by atoms with Crippen LogP contribution in [0.2, 0.25) is 10.0 Å². The molecule has 0 radical (unpaired) electrons. The molecule has 0 aliphatic rings. The number of nitrogens with one attached hydrogen (secondary N) is 1. The molecule has 1 unspecified atom stereocenters. The number of amides is 2. The maximum Gasteiger partial charge on any atom is 0.244 e. The van der Waals surface area contributed by atoms with E-state index in [9.17, 15) is 18.0 Å². The number of sulfonamides is 1. The average Bonchev–Trinajstić information content (AvgIpc) is 2.90. The van der Waals surface area contributed by atoms with Crippen molar-refractivity contribution in [2.24, 2.45) is 0 Å². The Labute approximate surface area is 245 Å². The Hall–Kier alpha value is -3.27. The molecule has 11 heteroatoms. The molecule has 214 valence electrons. The van der Waals surface area contributed by atoms with Crippen LogP contribution in [0.15, 0.2) is 66.7 Å². The summed E-state index contributed by atoms with van der Waals surface area (Å²) in [6.07, 6.45) is 1.20. The summed E-state index contributed by atoms with van der Waals surface area (Å²) < 4.78 is 32.4. The van der Waals surface area contributed by atoms with Crippen molar-refractivity contribution in [1.29, 1.82) is 0 Å². The Morgan fingerprint density at radius 2 is 1.65 bits per heavy atom. The Kier molecular flexibility index (Phi) is 10.8. The van der Waals surface area contributed by atoms with E-state index in [1.165, 1.54) is 12.0 Å². The molecule has 0 fully saturated rings. The highest BCUT2D eigenvalue weighted by atomic mass is 35.5. The van der Waals surface area contributed by atoms with Gasteiger partial charge >= 0.3 is 0 Å². The molecule has 0 aromatic heterocycles. The highest BCUT2D eigenvalue weighted by Gasteiger charge is 2.34. The summed E-state index contributed by atoms with van der Waals surface area (Å²) in [5.41, 5.74) is 2.26. The van der Waals surface area contributed by atoms with Crippen LogP contribution in [-0.4, -0.2) is 57.6 Å². The van der Waals surface area contributed by atoms with Gasteiger partial charge in [-0.3, -0.25) is 13.9 Å². The summed E-state index contributed by atoms with van der Waals surface area (Å²) in [4.78, 5) is 28.9. The third kappa shape index (κ3) is 7.90. The largest absolute Gasteiger partial charge is 0.495 e. The first kappa shape index (κ1) is 31.3. The van der Waals surface area contributed by atoms with E-state index in [1.54, 1.807) is 43.3 Å². The molecular weight excluding hydrogens is 573 g/mol. The van der Waals surface area contributed by atoms with E-state index in [4.69, 9.17) is 27.9 Å². The molecule has 1 N–H and O–H groups in total. The standard InChI is InChI=1S/C29H33Cl2N3O5S/c1-5-32-29(36)26(17-21-10-7-6-8-11-21)33(18-22-23(30)12-9-13-24(22)31)28(35)19-34(40(4,37)38)25-16-20(2)14-15-27(25)39-3/h6-16,26H,5,17-19H2,1-4H3,(H,32,36). The molecule has 0 heterocycles. The summed E-state index contributed by atoms with van der Waals surface area (Å²) in [5.74, 6) is -0.715. The van der Waals surface area contributed by atoms with Gasteiger partial charge in [0.2, 0.25) is 21.8 Å².